The quantitative estimate of drug-likeness (QED) is 0.875. The van der Waals surface area contributed by atoms with E-state index in [0.29, 0.717) is 16.3 Å². The summed E-state index contributed by atoms with van der Waals surface area (Å²) in [5, 5.41) is 9.37. The third-order valence-corrected chi connectivity index (χ3v) is 5.54. The zero-order chi connectivity index (χ0) is 15.6. The summed E-state index contributed by atoms with van der Waals surface area (Å²) in [6.45, 7) is 3.26. The molecule has 0 spiro atoms. The van der Waals surface area contributed by atoms with E-state index in [4.69, 9.17) is 5.11 Å². The van der Waals surface area contributed by atoms with Crippen LogP contribution in [0, 0.1) is 13.8 Å². The number of sulfonamides is 1. The molecule has 0 bridgehead atoms. The molecule has 2 N–H and O–H groups in total. The predicted octanol–water partition coefficient (Wildman–Crippen LogP) is 1.94. The average molecular weight is 326 g/mol. The van der Waals surface area contributed by atoms with E-state index in [1.165, 1.54) is 6.07 Å². The first kappa shape index (κ1) is 15.6. The maximum absolute atomic E-state index is 12.2. The van der Waals surface area contributed by atoms with Crippen molar-refractivity contribution < 1.29 is 18.3 Å². The SMILES string of the molecule is Cc1ccccc1S(=O)(=O)NCc1nc(C)c(C(=O)O)s1. The van der Waals surface area contributed by atoms with E-state index in [1.54, 1.807) is 32.0 Å². The number of carboxylic acid groups (broad SMARTS) is 1. The maximum atomic E-state index is 12.2. The van der Waals surface area contributed by atoms with E-state index in [0.717, 1.165) is 11.3 Å². The molecular weight excluding hydrogens is 312 g/mol. The predicted molar refractivity (Wildman–Crippen MR) is 79.0 cm³/mol. The molecule has 0 aliphatic rings. The molecule has 0 unspecified atom stereocenters. The van der Waals surface area contributed by atoms with Crippen molar-refractivity contribution in [2.75, 3.05) is 0 Å². The summed E-state index contributed by atoms with van der Waals surface area (Å²) >= 11 is 0.970. The van der Waals surface area contributed by atoms with Crippen LogP contribution in [-0.2, 0) is 16.6 Å². The highest BCUT2D eigenvalue weighted by Gasteiger charge is 2.18. The van der Waals surface area contributed by atoms with Crippen LogP contribution in [0.5, 0.6) is 0 Å². The summed E-state index contributed by atoms with van der Waals surface area (Å²) in [4.78, 5) is 15.3. The van der Waals surface area contributed by atoms with Crippen LogP contribution in [0.3, 0.4) is 0 Å². The summed E-state index contributed by atoms with van der Waals surface area (Å²) in [7, 11) is -3.64. The third-order valence-electron chi connectivity index (χ3n) is 2.83. The number of aromatic carboxylic acids is 1. The number of nitrogens with zero attached hydrogens (tertiary/aromatic N) is 1. The zero-order valence-corrected chi connectivity index (χ0v) is 13.1. The van der Waals surface area contributed by atoms with Crippen molar-refractivity contribution >= 4 is 27.3 Å². The standard InChI is InChI=1S/C13H14N2O4S2/c1-8-5-3-4-6-10(8)21(18,19)14-7-11-15-9(2)12(20-11)13(16)17/h3-6,14H,7H2,1-2H3,(H,16,17). The Morgan fingerprint density at radius 1 is 1.33 bits per heavy atom. The summed E-state index contributed by atoms with van der Waals surface area (Å²) in [6.07, 6.45) is 0. The second-order valence-corrected chi connectivity index (χ2v) is 7.24. The molecule has 1 heterocycles. The van der Waals surface area contributed by atoms with Gasteiger partial charge in [0.25, 0.3) is 0 Å². The van der Waals surface area contributed by atoms with Crippen LogP contribution in [0.15, 0.2) is 29.2 Å². The van der Waals surface area contributed by atoms with Crippen LogP contribution in [-0.4, -0.2) is 24.5 Å². The van der Waals surface area contributed by atoms with Crippen molar-refractivity contribution in [3.8, 4) is 0 Å². The summed E-state index contributed by atoms with van der Waals surface area (Å²) in [6, 6.07) is 6.65. The molecule has 0 aliphatic carbocycles. The highest BCUT2D eigenvalue weighted by molar-refractivity contribution is 7.89. The van der Waals surface area contributed by atoms with E-state index < -0.39 is 16.0 Å². The molecule has 0 aliphatic heterocycles. The molecule has 0 fully saturated rings. The van der Waals surface area contributed by atoms with Gasteiger partial charge in [0.1, 0.15) is 9.88 Å². The van der Waals surface area contributed by atoms with Crippen LogP contribution in [0.25, 0.3) is 0 Å². The van der Waals surface area contributed by atoms with Crippen LogP contribution in [0.4, 0.5) is 0 Å². The van der Waals surface area contributed by atoms with Gasteiger partial charge in [-0.15, -0.1) is 11.3 Å². The Labute approximate surface area is 126 Å². The monoisotopic (exact) mass is 326 g/mol. The molecule has 0 radical (unpaired) electrons. The van der Waals surface area contributed by atoms with Crippen LogP contribution in [0.2, 0.25) is 0 Å². The van der Waals surface area contributed by atoms with Crippen molar-refractivity contribution in [2.45, 2.75) is 25.3 Å². The number of rotatable bonds is 5. The van der Waals surface area contributed by atoms with Gasteiger partial charge in [0.2, 0.25) is 10.0 Å². The topological polar surface area (TPSA) is 96.4 Å². The second-order valence-electron chi connectivity index (χ2n) is 4.42. The third kappa shape index (κ3) is 3.46. The molecular formula is C13H14N2O4S2. The molecule has 2 rings (SSSR count). The molecule has 1 aromatic heterocycles. The van der Waals surface area contributed by atoms with Gasteiger partial charge in [0.05, 0.1) is 17.1 Å². The number of hydrogen-bond acceptors (Lipinski definition) is 5. The van der Waals surface area contributed by atoms with Crippen LogP contribution < -0.4 is 4.72 Å². The van der Waals surface area contributed by atoms with Crippen molar-refractivity contribution in [3.05, 3.63) is 45.4 Å². The Balaban J connectivity index is 2.18. The number of hydrogen-bond donors (Lipinski definition) is 2. The lowest BCUT2D eigenvalue weighted by molar-refractivity contribution is 0.0701. The first-order valence-electron chi connectivity index (χ1n) is 6.06. The van der Waals surface area contributed by atoms with Gasteiger partial charge in [-0.3, -0.25) is 0 Å². The van der Waals surface area contributed by atoms with Crippen molar-refractivity contribution in [1.82, 2.24) is 9.71 Å². The summed E-state index contributed by atoms with van der Waals surface area (Å²) < 4.78 is 26.8. The number of nitrogens with one attached hydrogen (secondary N) is 1. The molecule has 21 heavy (non-hydrogen) atoms. The number of aromatic nitrogens is 1. The smallest absolute Gasteiger partial charge is 0.347 e. The molecule has 2 aromatic rings. The Kier molecular flexibility index (Phi) is 4.40. The zero-order valence-electron chi connectivity index (χ0n) is 11.5. The van der Waals surface area contributed by atoms with Gasteiger partial charge < -0.3 is 5.11 Å². The Bertz CT molecular complexity index is 781. The van der Waals surface area contributed by atoms with Gasteiger partial charge >= 0.3 is 5.97 Å². The van der Waals surface area contributed by atoms with Crippen LogP contribution >= 0.6 is 11.3 Å². The molecule has 0 saturated carbocycles. The fourth-order valence-corrected chi connectivity index (χ4v) is 3.99. The van der Waals surface area contributed by atoms with Crippen molar-refractivity contribution in [3.63, 3.8) is 0 Å². The van der Waals surface area contributed by atoms with E-state index in [1.807, 2.05) is 0 Å². The second kappa shape index (κ2) is 5.92. The molecule has 1 aromatic carbocycles. The first-order valence-corrected chi connectivity index (χ1v) is 8.36. The van der Waals surface area contributed by atoms with Gasteiger partial charge in [-0.25, -0.2) is 22.9 Å². The minimum atomic E-state index is -3.64. The van der Waals surface area contributed by atoms with E-state index in [9.17, 15) is 13.2 Å². The van der Waals surface area contributed by atoms with E-state index >= 15 is 0 Å². The van der Waals surface area contributed by atoms with Gasteiger partial charge in [0, 0.05) is 0 Å². The summed E-state index contributed by atoms with van der Waals surface area (Å²) in [5.74, 6) is -1.06. The van der Waals surface area contributed by atoms with Gasteiger partial charge in [-0.1, -0.05) is 18.2 Å². The highest BCUT2D eigenvalue weighted by Crippen LogP contribution is 2.19. The van der Waals surface area contributed by atoms with Crippen LogP contribution in [0.1, 0.15) is 25.9 Å². The number of carbonyl (C=O) groups is 1. The fraction of sp³-hybridized carbons (Fsp3) is 0.231. The largest absolute Gasteiger partial charge is 0.477 e. The lowest BCUT2D eigenvalue weighted by Gasteiger charge is -2.07. The highest BCUT2D eigenvalue weighted by atomic mass is 32.2. The molecule has 8 heteroatoms. The van der Waals surface area contributed by atoms with E-state index in [2.05, 4.69) is 9.71 Å². The normalized spacial score (nSPS) is 11.5. The number of thiazole rings is 1. The minimum Gasteiger partial charge on any atom is -0.477 e. The fourth-order valence-electron chi connectivity index (χ4n) is 1.82. The lowest BCUT2D eigenvalue weighted by atomic mass is 10.2. The maximum Gasteiger partial charge on any atom is 0.347 e. The molecule has 0 atom stereocenters. The molecule has 0 amide bonds. The Morgan fingerprint density at radius 2 is 2.00 bits per heavy atom. The number of benzene rings is 1. The van der Waals surface area contributed by atoms with E-state index in [-0.39, 0.29) is 16.3 Å². The molecule has 6 nitrogen and oxygen atoms in total. The van der Waals surface area contributed by atoms with Crippen molar-refractivity contribution in [1.29, 1.82) is 0 Å². The van der Waals surface area contributed by atoms with Gasteiger partial charge in [-0.05, 0) is 25.5 Å². The minimum absolute atomic E-state index is 0.0323. The first-order chi connectivity index (χ1) is 9.81. The summed E-state index contributed by atoms with van der Waals surface area (Å²) in [5.41, 5.74) is 1.03. The Morgan fingerprint density at radius 3 is 2.57 bits per heavy atom. The lowest BCUT2D eigenvalue weighted by Crippen LogP contribution is -2.23. The van der Waals surface area contributed by atoms with Gasteiger partial charge in [0.15, 0.2) is 0 Å². The molecule has 0 saturated heterocycles. The Hall–Kier alpha value is -1.77. The average Bonchev–Trinajstić information content (AvgIpc) is 2.78. The van der Waals surface area contributed by atoms with Crippen molar-refractivity contribution in [2.24, 2.45) is 0 Å². The number of aryl methyl sites for hydroxylation is 2. The molecule has 112 valence electrons. The number of carboxylic acids is 1. The van der Waals surface area contributed by atoms with Gasteiger partial charge in [-0.2, -0.15) is 0 Å².